The molecule has 38 heavy (non-hydrogen) atoms. The van der Waals surface area contributed by atoms with Crippen molar-refractivity contribution in [1.29, 1.82) is 0 Å². The molecule has 198 valence electrons. The van der Waals surface area contributed by atoms with E-state index in [2.05, 4.69) is 34.3 Å². The summed E-state index contributed by atoms with van der Waals surface area (Å²) < 4.78 is 79.4. The van der Waals surface area contributed by atoms with Gasteiger partial charge >= 0.3 is 12.7 Å². The zero-order valence-electron chi connectivity index (χ0n) is 18.7. The molecular formula is C23H15ClF6N6O2. The normalized spacial score (nSPS) is 10.8. The lowest BCUT2D eigenvalue weighted by Crippen LogP contribution is -2.16. The summed E-state index contributed by atoms with van der Waals surface area (Å²) in [5.41, 5.74) is 7.67. The maximum atomic E-state index is 12.0. The first-order chi connectivity index (χ1) is 17.4. The van der Waals surface area contributed by atoms with Gasteiger partial charge in [-0.3, -0.25) is 0 Å². The van der Waals surface area contributed by atoms with E-state index in [9.17, 15) is 26.3 Å². The second kappa shape index (κ2) is 12.5. The Labute approximate surface area is 217 Å². The molecule has 0 fully saturated rings. The van der Waals surface area contributed by atoms with Crippen LogP contribution >= 0.6 is 12.4 Å². The molecule has 0 saturated carbocycles. The van der Waals surface area contributed by atoms with Gasteiger partial charge in [0, 0.05) is 11.6 Å². The van der Waals surface area contributed by atoms with E-state index < -0.39 is 12.7 Å². The van der Waals surface area contributed by atoms with E-state index in [0.717, 1.165) is 0 Å². The molecular weight excluding hydrogens is 542 g/mol. The van der Waals surface area contributed by atoms with Gasteiger partial charge < -0.3 is 20.1 Å². The van der Waals surface area contributed by atoms with Gasteiger partial charge in [0.05, 0.1) is 11.4 Å². The molecule has 0 amide bonds. The summed E-state index contributed by atoms with van der Waals surface area (Å²) in [5, 5.41) is 0. The average molecular weight is 557 g/mol. The van der Waals surface area contributed by atoms with Crippen molar-refractivity contribution < 1.29 is 35.8 Å². The van der Waals surface area contributed by atoms with Crippen molar-refractivity contribution in [3.05, 3.63) is 84.7 Å². The van der Waals surface area contributed by atoms with Crippen molar-refractivity contribution in [2.24, 2.45) is 0 Å². The van der Waals surface area contributed by atoms with E-state index in [1.54, 1.807) is 0 Å². The number of hydrogen-bond acceptors (Lipinski definition) is 7. The van der Waals surface area contributed by atoms with Crippen LogP contribution in [0.4, 0.5) is 38.0 Å². The molecule has 4 aromatic rings. The van der Waals surface area contributed by atoms with Gasteiger partial charge in [0.25, 0.3) is 5.82 Å². The van der Waals surface area contributed by atoms with Crippen LogP contribution in [0.5, 0.6) is 11.5 Å². The van der Waals surface area contributed by atoms with E-state index >= 15 is 0 Å². The van der Waals surface area contributed by atoms with E-state index in [1.165, 1.54) is 73.3 Å². The Kier molecular flexibility index (Phi) is 9.77. The van der Waals surface area contributed by atoms with Crippen LogP contribution in [0.25, 0.3) is 27.4 Å². The highest BCUT2D eigenvalue weighted by Gasteiger charge is 2.31. The number of nitrogens with zero attached hydrogens (tertiary/aromatic N) is 5. The fourth-order valence-electron chi connectivity index (χ4n) is 2.75. The van der Waals surface area contributed by atoms with Crippen molar-refractivity contribution in [2.75, 3.05) is 5.73 Å². The van der Waals surface area contributed by atoms with Crippen LogP contribution < -0.4 is 15.2 Å². The number of benzene rings is 2. The molecule has 2 aromatic carbocycles. The molecule has 4 rings (SSSR count). The first-order valence-corrected chi connectivity index (χ1v) is 9.91. The predicted molar refractivity (Wildman–Crippen MR) is 126 cm³/mol. The summed E-state index contributed by atoms with van der Waals surface area (Å²) in [6, 6.07) is 13.5. The molecule has 0 aliphatic heterocycles. The molecule has 2 N–H and O–H groups in total. The summed E-state index contributed by atoms with van der Waals surface area (Å²) in [6.45, 7) is 6.83. The van der Waals surface area contributed by atoms with Gasteiger partial charge in [-0.15, -0.1) is 43.7 Å². The van der Waals surface area contributed by atoms with Crippen LogP contribution in [0.1, 0.15) is 0 Å². The Bertz CT molecular complexity index is 1380. The number of alkyl halides is 6. The lowest BCUT2D eigenvalue weighted by atomic mass is 10.1. The summed E-state index contributed by atoms with van der Waals surface area (Å²) in [5.74, 6) is -0.139. The fourth-order valence-corrected chi connectivity index (χ4v) is 2.75. The molecule has 0 unspecified atom stereocenters. The maximum absolute atomic E-state index is 12.0. The van der Waals surface area contributed by atoms with Gasteiger partial charge in [0.1, 0.15) is 23.6 Å². The quantitative estimate of drug-likeness (QED) is 0.222. The molecule has 0 atom stereocenters. The summed E-state index contributed by atoms with van der Waals surface area (Å²) >= 11 is 0. The highest BCUT2D eigenvalue weighted by molar-refractivity contribution is 5.85. The average Bonchev–Trinajstić information content (AvgIpc) is 2.83. The number of nitrogen functional groups attached to an aromatic ring is 1. The smallest absolute Gasteiger partial charge is 0.406 e. The Morgan fingerprint density at radius 3 is 1.47 bits per heavy atom. The van der Waals surface area contributed by atoms with Crippen LogP contribution in [0.3, 0.4) is 0 Å². The molecule has 8 nitrogen and oxygen atoms in total. The topological polar surface area (TPSA) is 100 Å². The third kappa shape index (κ3) is 9.43. The molecule has 0 saturated heterocycles. The van der Waals surface area contributed by atoms with E-state index in [1.807, 2.05) is 0 Å². The Balaban J connectivity index is 0.000000260. The number of aromatic nitrogens is 4. The first kappa shape index (κ1) is 29.6. The molecule has 15 heteroatoms. The van der Waals surface area contributed by atoms with E-state index in [4.69, 9.17) is 12.3 Å². The number of ether oxygens (including phenoxy) is 2. The lowest BCUT2D eigenvalue weighted by molar-refractivity contribution is -0.275. The van der Waals surface area contributed by atoms with Gasteiger partial charge in [0.15, 0.2) is 0 Å². The molecule has 2 heterocycles. The molecule has 0 radical (unpaired) electrons. The van der Waals surface area contributed by atoms with Crippen molar-refractivity contribution >= 4 is 24.0 Å². The van der Waals surface area contributed by atoms with Crippen LogP contribution in [0.2, 0.25) is 0 Å². The number of nitrogens with two attached hydrogens (primary N) is 1. The number of hydrogen-bond donors (Lipinski definition) is 1. The van der Waals surface area contributed by atoms with Crippen LogP contribution in [-0.2, 0) is 0 Å². The number of rotatable bonds is 4. The largest absolute Gasteiger partial charge is 0.573 e. The summed E-state index contributed by atoms with van der Waals surface area (Å²) in [4.78, 5) is 18.5. The Morgan fingerprint density at radius 1 is 0.658 bits per heavy atom. The molecule has 0 aliphatic carbocycles. The van der Waals surface area contributed by atoms with Crippen LogP contribution in [0.15, 0.2) is 73.3 Å². The molecule has 0 spiro atoms. The molecule has 0 aliphatic rings. The van der Waals surface area contributed by atoms with Crippen LogP contribution in [0, 0.1) is 6.57 Å². The molecule has 2 aromatic heterocycles. The minimum atomic E-state index is -4.71. The third-order valence-corrected chi connectivity index (χ3v) is 4.22. The zero-order valence-corrected chi connectivity index (χ0v) is 19.6. The number of halogens is 7. The second-order valence-corrected chi connectivity index (χ2v) is 6.85. The van der Waals surface area contributed by atoms with E-state index in [-0.39, 0.29) is 35.5 Å². The predicted octanol–water partition coefficient (Wildman–Crippen LogP) is 6.64. The molecule has 0 bridgehead atoms. The van der Waals surface area contributed by atoms with Crippen molar-refractivity contribution in [1.82, 2.24) is 19.9 Å². The minimum absolute atomic E-state index is 0. The first-order valence-electron chi connectivity index (χ1n) is 9.91. The summed E-state index contributed by atoms with van der Waals surface area (Å²) in [6.07, 6.45) is -6.90. The van der Waals surface area contributed by atoms with E-state index in [0.29, 0.717) is 22.5 Å². The maximum Gasteiger partial charge on any atom is 0.573 e. The standard InChI is InChI=1S/C12H6F3N3O.C11H8F3N3O.ClH/c1-16-11-6-10(17-7-18-11)8-2-4-9(5-3-8)19-12(13,14)15;12-11(13,14)18-8-3-1-7(2-4-8)9-5-10(15)17-6-16-9;/h2-7H;1-6H,(H2,15,16,17);1H. The second-order valence-electron chi connectivity index (χ2n) is 6.85. The zero-order chi connectivity index (χ0) is 27.1. The fraction of sp³-hybridized carbons (Fsp3) is 0.0870. The highest BCUT2D eigenvalue weighted by Crippen LogP contribution is 2.27. The van der Waals surface area contributed by atoms with Gasteiger partial charge in [-0.25, -0.2) is 15.0 Å². The van der Waals surface area contributed by atoms with Crippen molar-refractivity contribution in [2.45, 2.75) is 12.7 Å². The van der Waals surface area contributed by atoms with Gasteiger partial charge in [-0.2, -0.15) is 0 Å². The third-order valence-electron chi connectivity index (χ3n) is 4.22. The minimum Gasteiger partial charge on any atom is -0.406 e. The van der Waals surface area contributed by atoms with Crippen molar-refractivity contribution in [3.8, 4) is 34.0 Å². The van der Waals surface area contributed by atoms with Gasteiger partial charge in [-0.1, -0.05) is 6.57 Å². The number of anilines is 1. The SMILES string of the molecule is Cl.Nc1cc(-c2ccc(OC(F)(F)F)cc2)ncn1.[C-]#[N+]c1cc(-c2ccc(OC(F)(F)F)cc2)ncn1. The van der Waals surface area contributed by atoms with Crippen LogP contribution in [-0.4, -0.2) is 32.7 Å². The monoisotopic (exact) mass is 556 g/mol. The Hall–Kier alpha value is -4.64. The van der Waals surface area contributed by atoms with Crippen molar-refractivity contribution in [3.63, 3.8) is 0 Å². The van der Waals surface area contributed by atoms with Gasteiger partial charge in [0.2, 0.25) is 6.33 Å². The lowest BCUT2D eigenvalue weighted by Gasteiger charge is -2.09. The Morgan fingerprint density at radius 2 is 1.08 bits per heavy atom. The summed E-state index contributed by atoms with van der Waals surface area (Å²) in [7, 11) is 0. The van der Waals surface area contributed by atoms with Gasteiger partial charge in [-0.05, 0) is 60.2 Å². The highest BCUT2D eigenvalue weighted by atomic mass is 35.5.